The zero-order chi connectivity index (χ0) is 31.6. The van der Waals surface area contributed by atoms with Gasteiger partial charge in [-0.15, -0.1) is 0 Å². The number of H-pyrrole nitrogens is 2. The zero-order valence-electron chi connectivity index (χ0n) is 24.7. The van der Waals surface area contributed by atoms with Crippen molar-refractivity contribution in [2.45, 2.75) is 37.6 Å². The molecule has 4 N–H and O–H groups in total. The van der Waals surface area contributed by atoms with Crippen molar-refractivity contribution >= 4 is 39.4 Å². The molecule has 3 atom stereocenters. The van der Waals surface area contributed by atoms with Crippen LogP contribution in [0.4, 0.5) is 5.69 Å². The van der Waals surface area contributed by atoms with Gasteiger partial charge in [0.05, 0.1) is 17.0 Å². The third kappa shape index (κ3) is 5.73. The number of para-hydroxylation sites is 2. The van der Waals surface area contributed by atoms with Crippen molar-refractivity contribution < 1.29 is 19.2 Å². The van der Waals surface area contributed by atoms with Crippen molar-refractivity contribution in [3.05, 3.63) is 147 Å². The van der Waals surface area contributed by atoms with E-state index in [9.17, 15) is 19.7 Å². The van der Waals surface area contributed by atoms with Gasteiger partial charge in [-0.3, -0.25) is 20.2 Å². The molecule has 10 heteroatoms. The summed E-state index contributed by atoms with van der Waals surface area (Å²) in [5, 5.41) is 19.7. The van der Waals surface area contributed by atoms with Crippen LogP contribution in [0.2, 0.25) is 0 Å². The van der Waals surface area contributed by atoms with Crippen molar-refractivity contribution in [1.29, 1.82) is 0 Å². The monoisotopic (exact) mass is 613 g/mol. The minimum absolute atomic E-state index is 0.0140. The molecular formula is C36H31N5O5. The van der Waals surface area contributed by atoms with Crippen molar-refractivity contribution in [2.75, 3.05) is 0 Å². The molecule has 0 saturated heterocycles. The number of non-ortho nitro benzene ring substituents is 1. The maximum absolute atomic E-state index is 14.1. The van der Waals surface area contributed by atoms with Crippen molar-refractivity contribution in [3.63, 3.8) is 0 Å². The first-order valence-corrected chi connectivity index (χ1v) is 15.1. The molecule has 2 aromatic heterocycles. The van der Waals surface area contributed by atoms with Crippen LogP contribution in [-0.2, 0) is 33.8 Å². The lowest BCUT2D eigenvalue weighted by Crippen LogP contribution is -2.54. The number of nitro benzene ring substituents is 1. The SMILES string of the molecule is O=C(N[C@@H](Cc1c[nH]c2ccccc12)C(=O)OCc1ccccc1)[C@@H]1Cc2c([nH]c3ccccc23)[C@@H](c2ccc([N+](=O)[O-])cc2)N1. The normalized spacial score (nSPS) is 16.5. The van der Waals surface area contributed by atoms with E-state index in [4.69, 9.17) is 4.74 Å². The van der Waals surface area contributed by atoms with E-state index in [0.717, 1.165) is 49.8 Å². The summed E-state index contributed by atoms with van der Waals surface area (Å²) in [7, 11) is 0. The van der Waals surface area contributed by atoms with Crippen LogP contribution in [0, 0.1) is 10.1 Å². The van der Waals surface area contributed by atoms with Crippen molar-refractivity contribution in [3.8, 4) is 0 Å². The number of carbonyl (C=O) groups excluding carboxylic acids is 2. The van der Waals surface area contributed by atoms with E-state index in [1.165, 1.54) is 12.1 Å². The third-order valence-electron chi connectivity index (χ3n) is 8.59. The van der Waals surface area contributed by atoms with Gasteiger partial charge in [-0.25, -0.2) is 4.79 Å². The Morgan fingerprint density at radius 3 is 2.35 bits per heavy atom. The number of amides is 1. The highest BCUT2D eigenvalue weighted by atomic mass is 16.6. The number of hydrogen-bond acceptors (Lipinski definition) is 6. The van der Waals surface area contributed by atoms with Crippen LogP contribution in [0.1, 0.15) is 34.0 Å². The standard InChI is InChI=1S/C36H31N5O5/c42-35(40-32(36(43)46-21-22-8-2-1-3-9-22)18-24-20-37-29-12-6-4-10-26(24)29)31-19-28-27-11-5-7-13-30(27)38-34(28)33(39-31)23-14-16-25(17-15-23)41(44)45/h1-17,20,31-33,37-39H,18-19,21H2,(H,40,42)/t31-,32-,33+/m0/s1. The van der Waals surface area contributed by atoms with Crippen LogP contribution in [0.15, 0.2) is 109 Å². The molecule has 1 amide bonds. The number of aromatic nitrogens is 2. The van der Waals surface area contributed by atoms with Gasteiger partial charge in [0.25, 0.3) is 5.69 Å². The number of nitrogens with one attached hydrogen (secondary N) is 4. The zero-order valence-corrected chi connectivity index (χ0v) is 24.7. The second-order valence-electron chi connectivity index (χ2n) is 11.5. The molecule has 1 aliphatic heterocycles. The molecule has 4 aromatic carbocycles. The lowest BCUT2D eigenvalue weighted by atomic mass is 9.89. The molecule has 7 rings (SSSR count). The predicted octanol–water partition coefficient (Wildman–Crippen LogP) is 5.63. The van der Waals surface area contributed by atoms with Crippen LogP contribution >= 0.6 is 0 Å². The highest BCUT2D eigenvalue weighted by Gasteiger charge is 2.36. The van der Waals surface area contributed by atoms with Gasteiger partial charge in [0, 0.05) is 52.3 Å². The fraction of sp³-hybridized carbons (Fsp3) is 0.167. The van der Waals surface area contributed by atoms with E-state index >= 15 is 0 Å². The minimum Gasteiger partial charge on any atom is -0.459 e. The number of aromatic amines is 2. The Morgan fingerprint density at radius 1 is 0.891 bits per heavy atom. The number of benzene rings is 4. The van der Waals surface area contributed by atoms with Crippen LogP contribution in [0.25, 0.3) is 21.8 Å². The summed E-state index contributed by atoms with van der Waals surface area (Å²) in [5.74, 6) is -0.873. The van der Waals surface area contributed by atoms with Crippen LogP contribution in [0.3, 0.4) is 0 Å². The summed E-state index contributed by atoms with van der Waals surface area (Å²) in [5.41, 5.74) is 6.25. The van der Waals surface area contributed by atoms with E-state index < -0.39 is 29.0 Å². The van der Waals surface area contributed by atoms with Gasteiger partial charge in [-0.1, -0.05) is 78.9 Å². The Hall–Kier alpha value is -5.74. The van der Waals surface area contributed by atoms with Crippen LogP contribution in [0.5, 0.6) is 0 Å². The van der Waals surface area contributed by atoms with Gasteiger partial charge in [0.2, 0.25) is 5.91 Å². The molecule has 0 saturated carbocycles. The predicted molar refractivity (Wildman–Crippen MR) is 174 cm³/mol. The third-order valence-corrected chi connectivity index (χ3v) is 8.59. The molecule has 0 radical (unpaired) electrons. The van der Waals surface area contributed by atoms with Crippen molar-refractivity contribution in [1.82, 2.24) is 20.6 Å². The fourth-order valence-electron chi connectivity index (χ4n) is 6.27. The topological polar surface area (TPSA) is 142 Å². The van der Waals surface area contributed by atoms with E-state index in [1.54, 1.807) is 12.1 Å². The van der Waals surface area contributed by atoms with Crippen LogP contribution < -0.4 is 10.6 Å². The number of hydrogen-bond donors (Lipinski definition) is 4. The first-order chi connectivity index (χ1) is 22.4. The molecule has 0 unspecified atom stereocenters. The Balaban J connectivity index is 1.18. The number of fused-ring (bicyclic) bond motifs is 4. The number of carbonyl (C=O) groups is 2. The molecular weight excluding hydrogens is 582 g/mol. The molecule has 6 aromatic rings. The number of esters is 1. The van der Waals surface area contributed by atoms with Gasteiger partial charge in [-0.05, 0) is 40.8 Å². The maximum Gasteiger partial charge on any atom is 0.329 e. The van der Waals surface area contributed by atoms with E-state index in [1.807, 2.05) is 85.1 Å². The van der Waals surface area contributed by atoms with Gasteiger partial charge < -0.3 is 20.0 Å². The van der Waals surface area contributed by atoms with Crippen molar-refractivity contribution in [2.24, 2.45) is 0 Å². The number of rotatable bonds is 9. The lowest BCUT2D eigenvalue weighted by Gasteiger charge is -2.32. The summed E-state index contributed by atoms with van der Waals surface area (Å²) < 4.78 is 5.72. The van der Waals surface area contributed by atoms with E-state index in [2.05, 4.69) is 20.6 Å². The number of nitrogens with zero attached hydrogens (tertiary/aromatic N) is 1. The number of ether oxygens (including phenoxy) is 1. The molecule has 46 heavy (non-hydrogen) atoms. The second-order valence-corrected chi connectivity index (χ2v) is 11.5. The summed E-state index contributed by atoms with van der Waals surface area (Å²) in [4.78, 5) is 45.3. The summed E-state index contributed by atoms with van der Waals surface area (Å²) in [6.07, 6.45) is 2.48. The fourth-order valence-corrected chi connectivity index (χ4v) is 6.27. The molecule has 10 nitrogen and oxygen atoms in total. The molecule has 0 spiro atoms. The first-order valence-electron chi connectivity index (χ1n) is 15.1. The summed E-state index contributed by atoms with van der Waals surface area (Å²) in [6.45, 7) is 0.0858. The molecule has 1 aliphatic rings. The molecule has 3 heterocycles. The first kappa shape index (κ1) is 29.0. The molecule has 0 aliphatic carbocycles. The van der Waals surface area contributed by atoms with Gasteiger partial charge in [-0.2, -0.15) is 0 Å². The summed E-state index contributed by atoms with van der Waals surface area (Å²) >= 11 is 0. The second kappa shape index (κ2) is 12.3. The van der Waals surface area contributed by atoms with E-state index in [0.29, 0.717) is 6.42 Å². The Labute approximate surface area is 263 Å². The molecule has 0 bridgehead atoms. The number of nitro groups is 1. The minimum atomic E-state index is -0.945. The quantitative estimate of drug-likeness (QED) is 0.0946. The highest BCUT2D eigenvalue weighted by Crippen LogP contribution is 2.36. The highest BCUT2D eigenvalue weighted by molar-refractivity contribution is 5.91. The lowest BCUT2D eigenvalue weighted by molar-refractivity contribution is -0.384. The van der Waals surface area contributed by atoms with E-state index in [-0.39, 0.29) is 24.6 Å². The molecule has 0 fully saturated rings. The van der Waals surface area contributed by atoms with Crippen LogP contribution in [-0.4, -0.2) is 38.9 Å². The Morgan fingerprint density at radius 2 is 1.59 bits per heavy atom. The summed E-state index contributed by atoms with van der Waals surface area (Å²) in [6, 6.07) is 29.4. The van der Waals surface area contributed by atoms with Gasteiger partial charge >= 0.3 is 5.97 Å². The Bertz CT molecular complexity index is 2050. The maximum atomic E-state index is 14.1. The Kier molecular flexibility index (Phi) is 7.78. The largest absolute Gasteiger partial charge is 0.459 e. The van der Waals surface area contributed by atoms with Gasteiger partial charge in [0.15, 0.2) is 0 Å². The average Bonchev–Trinajstić information content (AvgIpc) is 3.68. The smallest absolute Gasteiger partial charge is 0.329 e. The average molecular weight is 614 g/mol. The molecule has 230 valence electrons. The van der Waals surface area contributed by atoms with Gasteiger partial charge in [0.1, 0.15) is 12.6 Å².